The molecule has 0 saturated carbocycles. The van der Waals surface area contributed by atoms with Gasteiger partial charge in [0.05, 0.1) is 46.6 Å². The van der Waals surface area contributed by atoms with Gasteiger partial charge in [0.15, 0.2) is 0 Å². The normalized spacial score (nSPS) is 19.8. The van der Waals surface area contributed by atoms with E-state index in [1.54, 1.807) is 4.90 Å². The van der Waals surface area contributed by atoms with Crippen LogP contribution in [0.2, 0.25) is 0 Å². The molecule has 5 rings (SSSR count). The molecule has 0 unspecified atom stereocenters. The van der Waals surface area contributed by atoms with Gasteiger partial charge in [-0.05, 0) is 147 Å². The summed E-state index contributed by atoms with van der Waals surface area (Å²) in [5, 5.41) is 11.9. The van der Waals surface area contributed by atoms with Gasteiger partial charge >= 0.3 is 18.0 Å². The number of piperidine rings is 3. The highest BCUT2D eigenvalue weighted by molar-refractivity contribution is 5.72. The summed E-state index contributed by atoms with van der Waals surface area (Å²) in [6.07, 6.45) is 22.0. The van der Waals surface area contributed by atoms with Crippen molar-refractivity contribution in [3.05, 3.63) is 0 Å². The van der Waals surface area contributed by atoms with E-state index in [1.807, 2.05) is 27.8 Å². The Balaban J connectivity index is 0.000000773. The third-order valence-electron chi connectivity index (χ3n) is 12.6. The Morgan fingerprint density at radius 3 is 1.32 bits per heavy atom. The molecule has 0 bridgehead atoms. The number of methoxy groups -OCH3 is 1. The number of carboxylic acid groups (broad SMARTS) is 1. The lowest BCUT2D eigenvalue weighted by Crippen LogP contribution is -2.48. The number of hydrogen-bond acceptors (Lipinski definition) is 11. The largest absolute Gasteiger partial charge is 0.481 e. The van der Waals surface area contributed by atoms with Crippen molar-refractivity contribution in [3.8, 4) is 0 Å². The number of nitrogens with zero attached hydrogens (tertiary/aromatic N) is 7. The van der Waals surface area contributed by atoms with Gasteiger partial charge in [0, 0.05) is 52.4 Å². The van der Waals surface area contributed by atoms with Crippen LogP contribution < -0.4 is 5.32 Å². The number of hydrogen-bond donors (Lipinski definition) is 2. The van der Waals surface area contributed by atoms with E-state index in [4.69, 9.17) is 9.84 Å². The molecule has 0 aliphatic carbocycles. The second-order valence-electron chi connectivity index (χ2n) is 21.4. The standard InChI is InChI=1S/C15H34N.C10H20N2O2.C8H15NO2.C7H13NO2.C6H13N.C5H12N2/c1-5-6-7-8-9-10-11-12-13-14-15-16(2,3)4;1-10(2,3)14-9(13)12-7-5-11(4)6-8-12;1-9-5-3-7(4-6-9)8(10)11-2;1-8-4-2-6(3-5-8)7(9)10;1-7-5-3-2-4-6-7;1-7-4-2-6-3-5-7/h5-15H2,1-4H3;5-8H2,1-4H3;7H,3-6H2,1-2H3;6H,2-5H2,1H3,(H,9,10);2-6H2,1H3;6H,2-5H2,1H3/q+1;;;;;. The van der Waals surface area contributed by atoms with Gasteiger partial charge in [-0.25, -0.2) is 4.79 Å². The van der Waals surface area contributed by atoms with Gasteiger partial charge in [0.1, 0.15) is 5.60 Å². The van der Waals surface area contributed by atoms with Crippen LogP contribution in [0.25, 0.3) is 0 Å². The SMILES string of the molecule is CCCCCCCCCCCC[N+](C)(C)C.CN1CCC(C(=O)O)CC1.CN1CCCCC1.CN1CCN(C(=O)OC(C)(C)C)CC1.CN1CCNCC1.COC(=O)C1CCN(C)CC1. The minimum atomic E-state index is -0.631. The number of carboxylic acids is 1. The van der Waals surface area contributed by atoms with Gasteiger partial charge in [0.2, 0.25) is 0 Å². The first-order valence-corrected chi connectivity index (χ1v) is 25.9. The van der Waals surface area contributed by atoms with Crippen LogP contribution in [0.4, 0.5) is 4.79 Å². The zero-order valence-electron chi connectivity index (χ0n) is 44.9. The topological polar surface area (TPSA) is 121 Å². The second-order valence-corrected chi connectivity index (χ2v) is 21.4. The van der Waals surface area contributed by atoms with Gasteiger partial charge in [-0.15, -0.1) is 0 Å². The summed E-state index contributed by atoms with van der Waals surface area (Å²) in [6, 6.07) is 0. The second kappa shape index (κ2) is 37.9. The van der Waals surface area contributed by atoms with Crippen molar-refractivity contribution >= 4 is 18.0 Å². The van der Waals surface area contributed by atoms with Crippen LogP contribution in [-0.4, -0.2) is 224 Å². The van der Waals surface area contributed by atoms with E-state index in [2.05, 4.69) is 90.8 Å². The molecule has 5 fully saturated rings. The number of likely N-dealkylation sites (N-methyl/N-ethyl adjacent to an activating group) is 2. The summed E-state index contributed by atoms with van der Waals surface area (Å²) in [4.78, 5) is 46.2. The van der Waals surface area contributed by atoms with Gasteiger partial charge in [0.25, 0.3) is 0 Å². The lowest BCUT2D eigenvalue weighted by atomic mass is 9.98. The van der Waals surface area contributed by atoms with Crippen LogP contribution in [0.1, 0.15) is 137 Å². The summed E-state index contributed by atoms with van der Waals surface area (Å²) in [6.45, 7) is 23.9. The van der Waals surface area contributed by atoms with E-state index in [0.717, 1.165) is 95.6 Å². The van der Waals surface area contributed by atoms with Crippen molar-refractivity contribution in [2.24, 2.45) is 11.8 Å². The van der Waals surface area contributed by atoms with Crippen LogP contribution in [0, 0.1) is 11.8 Å². The monoisotopic (exact) mass is 928 g/mol. The molecule has 5 saturated heterocycles. The molecule has 5 aliphatic rings. The van der Waals surface area contributed by atoms with E-state index in [-0.39, 0.29) is 29.5 Å². The Hall–Kier alpha value is -2.07. The van der Waals surface area contributed by atoms with E-state index in [0.29, 0.717) is 0 Å². The fourth-order valence-electron chi connectivity index (χ4n) is 7.88. The van der Waals surface area contributed by atoms with Crippen molar-refractivity contribution < 1.29 is 33.4 Å². The zero-order valence-corrected chi connectivity index (χ0v) is 44.9. The molecule has 0 radical (unpaired) electrons. The number of esters is 1. The van der Waals surface area contributed by atoms with Crippen LogP contribution in [-0.2, 0) is 19.1 Å². The maximum Gasteiger partial charge on any atom is 0.410 e. The summed E-state index contributed by atoms with van der Waals surface area (Å²) >= 11 is 0. The number of unbranched alkanes of at least 4 members (excludes halogenated alkanes) is 9. The molecule has 0 aromatic rings. The van der Waals surface area contributed by atoms with Crippen LogP contribution in [0.5, 0.6) is 0 Å². The average molecular weight is 928 g/mol. The molecule has 0 atom stereocenters. The van der Waals surface area contributed by atoms with Crippen molar-refractivity contribution in [1.29, 1.82) is 0 Å². The Labute approximate surface area is 401 Å². The molecule has 0 aromatic heterocycles. The van der Waals surface area contributed by atoms with Crippen LogP contribution in [0.15, 0.2) is 0 Å². The average Bonchev–Trinajstić information content (AvgIpc) is 3.25. The van der Waals surface area contributed by atoms with E-state index in [9.17, 15) is 14.4 Å². The van der Waals surface area contributed by atoms with Gasteiger partial charge in [-0.1, -0.05) is 64.7 Å². The van der Waals surface area contributed by atoms with Crippen molar-refractivity contribution in [1.82, 2.24) is 34.7 Å². The molecule has 0 spiro atoms. The molecule has 5 heterocycles. The third-order valence-corrected chi connectivity index (χ3v) is 12.6. The molecular formula is C51H107N8O6+. The number of carbonyl (C=O) groups excluding carboxylic acids is 2. The zero-order chi connectivity index (χ0) is 49.1. The van der Waals surface area contributed by atoms with E-state index in [1.165, 1.54) is 123 Å². The van der Waals surface area contributed by atoms with Crippen molar-refractivity contribution in [3.63, 3.8) is 0 Å². The van der Waals surface area contributed by atoms with Gasteiger partial charge in [-0.2, -0.15) is 0 Å². The molecule has 14 nitrogen and oxygen atoms in total. The minimum Gasteiger partial charge on any atom is -0.481 e. The highest BCUT2D eigenvalue weighted by atomic mass is 16.6. The number of ether oxygens (including phenoxy) is 2. The summed E-state index contributed by atoms with van der Waals surface area (Å²) < 4.78 is 11.1. The van der Waals surface area contributed by atoms with Gasteiger partial charge in [-0.3, -0.25) is 9.59 Å². The fraction of sp³-hybridized carbons (Fsp3) is 0.941. The molecule has 5 aliphatic heterocycles. The fourth-order valence-corrected chi connectivity index (χ4v) is 7.88. The first-order chi connectivity index (χ1) is 30.7. The predicted molar refractivity (Wildman–Crippen MR) is 272 cm³/mol. The molecule has 65 heavy (non-hydrogen) atoms. The summed E-state index contributed by atoms with van der Waals surface area (Å²) in [5.74, 6) is -0.612. The number of rotatable bonds is 13. The highest BCUT2D eigenvalue weighted by Gasteiger charge is 2.25. The summed E-state index contributed by atoms with van der Waals surface area (Å²) in [7, 11) is 18.8. The number of nitrogens with one attached hydrogen (secondary N) is 1. The Kier molecular flexibility index (Phi) is 36.7. The van der Waals surface area contributed by atoms with E-state index < -0.39 is 5.97 Å². The maximum absolute atomic E-state index is 11.6. The highest BCUT2D eigenvalue weighted by Crippen LogP contribution is 2.17. The van der Waals surface area contributed by atoms with Crippen LogP contribution >= 0.6 is 0 Å². The lowest BCUT2D eigenvalue weighted by Gasteiger charge is -2.33. The lowest BCUT2D eigenvalue weighted by molar-refractivity contribution is -0.870. The molecule has 386 valence electrons. The minimum absolute atomic E-state index is 0.0434. The number of aliphatic carboxylic acids is 1. The number of quaternary nitrogens is 1. The molecule has 14 heteroatoms. The Morgan fingerprint density at radius 1 is 0.569 bits per heavy atom. The molecule has 1 amide bonds. The van der Waals surface area contributed by atoms with Crippen molar-refractivity contribution in [2.45, 2.75) is 142 Å². The molecular weight excluding hydrogens is 821 g/mol. The van der Waals surface area contributed by atoms with Gasteiger partial charge < -0.3 is 53.8 Å². The summed E-state index contributed by atoms with van der Waals surface area (Å²) in [5.41, 5.74) is -0.388. The Morgan fingerprint density at radius 2 is 0.969 bits per heavy atom. The number of amides is 1. The molecule has 2 N–H and O–H groups in total. The number of carbonyl (C=O) groups is 3. The first-order valence-electron chi connectivity index (χ1n) is 25.9. The maximum atomic E-state index is 11.6. The predicted octanol–water partition coefficient (Wildman–Crippen LogP) is 7.32. The van der Waals surface area contributed by atoms with E-state index >= 15 is 0 Å². The van der Waals surface area contributed by atoms with Crippen molar-refractivity contribution in [2.75, 3.05) is 162 Å². The Bertz CT molecular complexity index is 1130. The smallest absolute Gasteiger partial charge is 0.410 e. The molecule has 0 aromatic carbocycles. The third kappa shape index (κ3) is 38.6. The first kappa shape index (κ1) is 62.9. The number of likely N-dealkylation sites (tertiary alicyclic amines) is 3. The number of piperazine rings is 2. The quantitative estimate of drug-likeness (QED) is 0.109. The van der Waals surface area contributed by atoms with Crippen LogP contribution in [0.3, 0.4) is 0 Å².